The molecule has 1 N–H and O–H groups in total. The maximum absolute atomic E-state index is 10.9. The fraction of sp³-hybridized carbons (Fsp3) is 0.357. The maximum atomic E-state index is 10.9. The van der Waals surface area contributed by atoms with Crippen LogP contribution < -0.4 is 0 Å². The molecule has 0 amide bonds. The van der Waals surface area contributed by atoms with Crippen LogP contribution in [0.25, 0.3) is 0 Å². The van der Waals surface area contributed by atoms with Crippen molar-refractivity contribution >= 4 is 17.6 Å². The zero-order valence-corrected chi connectivity index (χ0v) is 12.0. The monoisotopic (exact) mass is 294 g/mol. The van der Waals surface area contributed by atoms with Gasteiger partial charge in [0.2, 0.25) is 5.89 Å². The van der Waals surface area contributed by atoms with E-state index in [2.05, 4.69) is 10.1 Å². The van der Waals surface area contributed by atoms with Gasteiger partial charge in [-0.2, -0.15) is 4.98 Å². The van der Waals surface area contributed by atoms with Gasteiger partial charge in [0.05, 0.1) is 5.92 Å². The van der Waals surface area contributed by atoms with E-state index in [-0.39, 0.29) is 5.92 Å². The summed E-state index contributed by atoms with van der Waals surface area (Å²) >= 11 is 5.91. The minimum atomic E-state index is -0.882. The lowest BCUT2D eigenvalue weighted by molar-refractivity contribution is -0.141. The number of halogens is 1. The Bertz CT molecular complexity index is 612. The van der Waals surface area contributed by atoms with E-state index in [0.29, 0.717) is 23.2 Å². The normalized spacial score (nSPS) is 13.9. The first kappa shape index (κ1) is 14.5. The van der Waals surface area contributed by atoms with E-state index in [4.69, 9.17) is 21.2 Å². The molecule has 0 fully saturated rings. The van der Waals surface area contributed by atoms with E-state index in [1.807, 2.05) is 18.2 Å². The summed E-state index contributed by atoms with van der Waals surface area (Å²) < 4.78 is 5.14. The third kappa shape index (κ3) is 3.36. The van der Waals surface area contributed by atoms with Gasteiger partial charge in [-0.05, 0) is 17.7 Å². The van der Waals surface area contributed by atoms with E-state index in [0.717, 1.165) is 5.56 Å². The zero-order chi connectivity index (χ0) is 14.7. The predicted octanol–water partition coefficient (Wildman–Crippen LogP) is 3.14. The van der Waals surface area contributed by atoms with E-state index < -0.39 is 11.9 Å². The Hall–Kier alpha value is -1.88. The van der Waals surface area contributed by atoms with Crippen LogP contribution in [0.4, 0.5) is 0 Å². The second kappa shape index (κ2) is 6.05. The van der Waals surface area contributed by atoms with Crippen LogP contribution in [0.2, 0.25) is 5.02 Å². The molecule has 0 bridgehead atoms. The standard InChI is InChI=1S/C14H15ClN2O3/c1-8(9(2)14(18)19)13-16-12(17-20-13)7-10-4-3-5-11(15)6-10/h3-6,8-9H,7H2,1-2H3,(H,18,19). The minimum Gasteiger partial charge on any atom is -0.481 e. The van der Waals surface area contributed by atoms with E-state index in [9.17, 15) is 4.79 Å². The molecule has 0 radical (unpaired) electrons. The van der Waals surface area contributed by atoms with Gasteiger partial charge in [0.25, 0.3) is 0 Å². The van der Waals surface area contributed by atoms with Gasteiger partial charge in [-0.1, -0.05) is 42.7 Å². The highest BCUT2D eigenvalue weighted by Crippen LogP contribution is 2.23. The Kier molecular flexibility index (Phi) is 4.39. The molecule has 2 unspecified atom stereocenters. The fourth-order valence-corrected chi connectivity index (χ4v) is 1.99. The number of carbonyl (C=O) groups is 1. The van der Waals surface area contributed by atoms with E-state index >= 15 is 0 Å². The molecular weight excluding hydrogens is 280 g/mol. The van der Waals surface area contributed by atoms with Crippen molar-refractivity contribution in [2.75, 3.05) is 0 Å². The third-order valence-corrected chi connectivity index (χ3v) is 3.50. The molecule has 0 spiro atoms. The smallest absolute Gasteiger partial charge is 0.307 e. The summed E-state index contributed by atoms with van der Waals surface area (Å²) in [6.07, 6.45) is 0.498. The fourth-order valence-electron chi connectivity index (χ4n) is 1.78. The molecular formula is C14H15ClN2O3. The van der Waals surface area contributed by atoms with Gasteiger partial charge in [0.15, 0.2) is 5.82 Å². The number of carboxylic acids is 1. The second-order valence-corrected chi connectivity index (χ2v) is 5.21. The minimum absolute atomic E-state index is 0.326. The highest BCUT2D eigenvalue weighted by atomic mass is 35.5. The van der Waals surface area contributed by atoms with Crippen molar-refractivity contribution in [2.45, 2.75) is 26.2 Å². The number of aliphatic carboxylic acids is 1. The summed E-state index contributed by atoms with van der Waals surface area (Å²) in [4.78, 5) is 15.2. The summed E-state index contributed by atoms with van der Waals surface area (Å²) in [5.74, 6) is -0.918. The van der Waals surface area contributed by atoms with Gasteiger partial charge in [0.1, 0.15) is 0 Å². The van der Waals surface area contributed by atoms with Crippen molar-refractivity contribution < 1.29 is 14.4 Å². The number of nitrogens with zero attached hydrogens (tertiary/aromatic N) is 2. The number of hydrogen-bond donors (Lipinski definition) is 1. The lowest BCUT2D eigenvalue weighted by Gasteiger charge is -2.10. The molecule has 0 aliphatic rings. The SMILES string of the molecule is CC(C(=O)O)C(C)c1nc(Cc2cccc(Cl)c2)no1. The molecule has 0 aliphatic carbocycles. The first-order valence-electron chi connectivity index (χ1n) is 6.27. The van der Waals surface area contributed by atoms with Crippen LogP contribution in [0.15, 0.2) is 28.8 Å². The quantitative estimate of drug-likeness (QED) is 0.916. The molecule has 0 saturated carbocycles. The van der Waals surface area contributed by atoms with Gasteiger partial charge < -0.3 is 9.63 Å². The summed E-state index contributed by atoms with van der Waals surface area (Å²) in [6.45, 7) is 3.38. The number of carboxylic acid groups (broad SMARTS) is 1. The average molecular weight is 295 g/mol. The first-order chi connectivity index (χ1) is 9.47. The molecule has 106 valence electrons. The average Bonchev–Trinajstić information content (AvgIpc) is 2.85. The molecule has 2 rings (SSSR count). The predicted molar refractivity (Wildman–Crippen MR) is 73.8 cm³/mol. The lowest BCUT2D eigenvalue weighted by atomic mass is 9.96. The number of rotatable bonds is 5. The maximum Gasteiger partial charge on any atom is 0.307 e. The topological polar surface area (TPSA) is 76.2 Å². The van der Waals surface area contributed by atoms with Crippen molar-refractivity contribution in [3.8, 4) is 0 Å². The van der Waals surface area contributed by atoms with Crippen LogP contribution in [0.3, 0.4) is 0 Å². The Morgan fingerprint density at radius 2 is 2.20 bits per heavy atom. The van der Waals surface area contributed by atoms with Crippen LogP contribution in [0.1, 0.15) is 37.0 Å². The summed E-state index contributed by atoms with van der Waals surface area (Å²) in [6, 6.07) is 7.41. The lowest BCUT2D eigenvalue weighted by Crippen LogP contribution is -2.16. The highest BCUT2D eigenvalue weighted by Gasteiger charge is 2.25. The van der Waals surface area contributed by atoms with Crippen LogP contribution in [-0.4, -0.2) is 21.2 Å². The molecule has 5 nitrogen and oxygen atoms in total. The molecule has 1 heterocycles. The van der Waals surface area contributed by atoms with Crippen molar-refractivity contribution in [2.24, 2.45) is 5.92 Å². The molecule has 6 heteroatoms. The highest BCUT2D eigenvalue weighted by molar-refractivity contribution is 6.30. The molecule has 0 saturated heterocycles. The van der Waals surface area contributed by atoms with Gasteiger partial charge in [-0.25, -0.2) is 0 Å². The molecule has 1 aromatic carbocycles. The number of benzene rings is 1. The Morgan fingerprint density at radius 3 is 2.85 bits per heavy atom. The second-order valence-electron chi connectivity index (χ2n) is 4.77. The van der Waals surface area contributed by atoms with Gasteiger partial charge in [-0.15, -0.1) is 0 Å². The van der Waals surface area contributed by atoms with Gasteiger partial charge in [-0.3, -0.25) is 4.79 Å². The first-order valence-corrected chi connectivity index (χ1v) is 6.65. The van der Waals surface area contributed by atoms with Crippen LogP contribution >= 0.6 is 11.6 Å². The molecule has 1 aromatic heterocycles. The van der Waals surface area contributed by atoms with Crippen molar-refractivity contribution in [3.63, 3.8) is 0 Å². The van der Waals surface area contributed by atoms with Gasteiger partial charge >= 0.3 is 5.97 Å². The van der Waals surface area contributed by atoms with E-state index in [1.54, 1.807) is 19.9 Å². The Labute approximate surface area is 121 Å². The summed E-state index contributed by atoms with van der Waals surface area (Å²) in [7, 11) is 0. The van der Waals surface area contributed by atoms with Crippen LogP contribution in [0.5, 0.6) is 0 Å². The molecule has 0 aliphatic heterocycles. The van der Waals surface area contributed by atoms with Crippen LogP contribution in [0, 0.1) is 5.92 Å². The number of aromatic nitrogens is 2. The molecule has 20 heavy (non-hydrogen) atoms. The summed E-state index contributed by atoms with van der Waals surface area (Å²) in [5.41, 5.74) is 0.976. The van der Waals surface area contributed by atoms with Crippen molar-refractivity contribution in [3.05, 3.63) is 46.6 Å². The van der Waals surface area contributed by atoms with Crippen LogP contribution in [-0.2, 0) is 11.2 Å². The summed E-state index contributed by atoms with van der Waals surface area (Å²) in [5, 5.41) is 13.5. The Morgan fingerprint density at radius 1 is 1.45 bits per heavy atom. The van der Waals surface area contributed by atoms with Crippen molar-refractivity contribution in [1.29, 1.82) is 0 Å². The Balaban J connectivity index is 2.11. The molecule has 2 aromatic rings. The van der Waals surface area contributed by atoms with Gasteiger partial charge in [0, 0.05) is 17.4 Å². The zero-order valence-electron chi connectivity index (χ0n) is 11.2. The largest absolute Gasteiger partial charge is 0.481 e. The van der Waals surface area contributed by atoms with E-state index in [1.165, 1.54) is 0 Å². The molecule has 2 atom stereocenters. The third-order valence-electron chi connectivity index (χ3n) is 3.26. The number of hydrogen-bond acceptors (Lipinski definition) is 4. The van der Waals surface area contributed by atoms with Crippen molar-refractivity contribution in [1.82, 2.24) is 10.1 Å².